The molecule has 1 N–H and O–H groups in total. The van der Waals surface area contributed by atoms with E-state index >= 15 is 0 Å². The van der Waals surface area contributed by atoms with Crippen LogP contribution in [-0.2, 0) is 19.8 Å². The van der Waals surface area contributed by atoms with E-state index in [0.717, 1.165) is 29.1 Å². The van der Waals surface area contributed by atoms with Crippen molar-refractivity contribution in [1.29, 1.82) is 0 Å². The highest BCUT2D eigenvalue weighted by Crippen LogP contribution is 2.28. The van der Waals surface area contributed by atoms with Gasteiger partial charge in [0, 0.05) is 13.1 Å². The molecule has 0 amide bonds. The average molecular weight is 301 g/mol. The van der Waals surface area contributed by atoms with Gasteiger partial charge in [-0.2, -0.15) is 18.3 Å². The van der Waals surface area contributed by atoms with E-state index in [2.05, 4.69) is 5.10 Å². The third-order valence-electron chi connectivity index (χ3n) is 2.94. The second-order valence-electron chi connectivity index (χ2n) is 4.27. The van der Waals surface area contributed by atoms with Crippen LogP contribution in [-0.4, -0.2) is 25.4 Å². The van der Waals surface area contributed by atoms with Gasteiger partial charge in [-0.15, -0.1) is 0 Å². The Morgan fingerprint density at radius 1 is 1.38 bits per heavy atom. The van der Waals surface area contributed by atoms with Crippen molar-refractivity contribution in [2.24, 2.45) is 7.05 Å². The zero-order valence-electron chi connectivity index (χ0n) is 10.8. The van der Waals surface area contributed by atoms with Gasteiger partial charge in [0.15, 0.2) is 0 Å². The van der Waals surface area contributed by atoms with Crippen LogP contribution >= 0.6 is 0 Å². The number of aromatic carboxylic acids is 1. The van der Waals surface area contributed by atoms with Crippen LogP contribution in [0.5, 0.6) is 0 Å². The van der Waals surface area contributed by atoms with E-state index in [-0.39, 0.29) is 11.3 Å². The summed E-state index contributed by atoms with van der Waals surface area (Å²) in [6.45, 7) is -0.535. The van der Waals surface area contributed by atoms with Crippen molar-refractivity contribution in [3.63, 3.8) is 0 Å². The molecule has 0 saturated heterocycles. The SMILES string of the molecule is Cn1ncc(C(=O)O)c1Cn1c(C(F)(F)F)cccc1=O. The molecule has 2 heterocycles. The lowest BCUT2D eigenvalue weighted by atomic mass is 10.2. The van der Waals surface area contributed by atoms with Crippen LogP contribution in [0.15, 0.2) is 29.2 Å². The molecule has 0 radical (unpaired) electrons. The zero-order valence-corrected chi connectivity index (χ0v) is 10.8. The molecule has 0 fully saturated rings. The van der Waals surface area contributed by atoms with Gasteiger partial charge in [-0.05, 0) is 6.07 Å². The summed E-state index contributed by atoms with van der Waals surface area (Å²) in [6, 6.07) is 2.74. The molecule has 0 spiro atoms. The van der Waals surface area contributed by atoms with Gasteiger partial charge in [-0.25, -0.2) is 4.79 Å². The summed E-state index contributed by atoms with van der Waals surface area (Å²) in [6.07, 6.45) is -3.69. The fourth-order valence-corrected chi connectivity index (χ4v) is 1.91. The van der Waals surface area contributed by atoms with E-state index in [4.69, 9.17) is 5.11 Å². The van der Waals surface area contributed by atoms with E-state index < -0.39 is 29.9 Å². The molecule has 0 bridgehead atoms. The fraction of sp³-hybridized carbons (Fsp3) is 0.250. The molecule has 2 aromatic rings. The van der Waals surface area contributed by atoms with Gasteiger partial charge in [0.05, 0.1) is 18.4 Å². The van der Waals surface area contributed by atoms with Gasteiger partial charge in [0.2, 0.25) is 0 Å². The third kappa shape index (κ3) is 2.81. The largest absolute Gasteiger partial charge is 0.478 e. The average Bonchev–Trinajstić information content (AvgIpc) is 2.72. The summed E-state index contributed by atoms with van der Waals surface area (Å²) in [4.78, 5) is 22.7. The van der Waals surface area contributed by atoms with Crippen molar-refractivity contribution < 1.29 is 23.1 Å². The molecule has 0 unspecified atom stereocenters. The second-order valence-corrected chi connectivity index (χ2v) is 4.27. The first-order chi connectivity index (χ1) is 9.71. The summed E-state index contributed by atoms with van der Waals surface area (Å²) >= 11 is 0. The lowest BCUT2D eigenvalue weighted by Crippen LogP contribution is -2.28. The van der Waals surface area contributed by atoms with Gasteiger partial charge >= 0.3 is 12.1 Å². The Balaban J connectivity index is 2.58. The summed E-state index contributed by atoms with van der Waals surface area (Å²) in [5, 5.41) is 12.7. The molecule has 2 rings (SSSR count). The Kier molecular flexibility index (Phi) is 3.58. The van der Waals surface area contributed by atoms with Crippen molar-refractivity contribution in [2.45, 2.75) is 12.7 Å². The molecule has 0 saturated carbocycles. The molecule has 0 aliphatic heterocycles. The van der Waals surface area contributed by atoms with E-state index in [1.807, 2.05) is 0 Å². The number of aromatic nitrogens is 3. The monoisotopic (exact) mass is 301 g/mol. The number of hydrogen-bond donors (Lipinski definition) is 1. The van der Waals surface area contributed by atoms with Crippen molar-refractivity contribution in [1.82, 2.24) is 14.3 Å². The number of carboxylic acids is 1. The van der Waals surface area contributed by atoms with Crippen LogP contribution < -0.4 is 5.56 Å². The highest BCUT2D eigenvalue weighted by Gasteiger charge is 2.34. The number of rotatable bonds is 3. The molecule has 0 aliphatic rings. The maximum absolute atomic E-state index is 12.9. The summed E-state index contributed by atoms with van der Waals surface area (Å²) < 4.78 is 40.4. The van der Waals surface area contributed by atoms with Gasteiger partial charge in [0.1, 0.15) is 11.3 Å². The first-order valence-corrected chi connectivity index (χ1v) is 5.73. The smallest absolute Gasteiger partial charge is 0.431 e. The number of alkyl halides is 3. The van der Waals surface area contributed by atoms with Crippen molar-refractivity contribution in [3.05, 3.63) is 51.7 Å². The number of carbonyl (C=O) groups is 1. The van der Waals surface area contributed by atoms with E-state index in [1.165, 1.54) is 7.05 Å². The van der Waals surface area contributed by atoms with Gasteiger partial charge in [-0.1, -0.05) is 6.07 Å². The second kappa shape index (κ2) is 5.08. The van der Waals surface area contributed by atoms with E-state index in [1.54, 1.807) is 0 Å². The minimum atomic E-state index is -4.72. The lowest BCUT2D eigenvalue weighted by molar-refractivity contribution is -0.144. The van der Waals surface area contributed by atoms with Gasteiger partial charge < -0.3 is 5.11 Å². The van der Waals surface area contributed by atoms with Crippen LogP contribution in [0.2, 0.25) is 0 Å². The van der Waals surface area contributed by atoms with E-state index in [0.29, 0.717) is 4.57 Å². The normalized spacial score (nSPS) is 11.6. The molecule has 21 heavy (non-hydrogen) atoms. The molecule has 2 aromatic heterocycles. The Morgan fingerprint density at radius 3 is 2.62 bits per heavy atom. The van der Waals surface area contributed by atoms with Crippen molar-refractivity contribution in [3.8, 4) is 0 Å². The minimum absolute atomic E-state index is 0.00120. The Hall–Kier alpha value is -2.58. The molecule has 9 heteroatoms. The number of carboxylic acid groups (broad SMARTS) is 1. The summed E-state index contributed by atoms with van der Waals surface area (Å²) in [5.74, 6) is -1.32. The first kappa shape index (κ1) is 14.8. The van der Waals surface area contributed by atoms with Gasteiger partial charge in [-0.3, -0.25) is 14.0 Å². The Labute approximate surface area is 116 Å². The standard InChI is InChI=1S/C12H10F3N3O3/c1-17-8(7(5-16-17)11(20)21)6-18-9(12(13,14)15)3-2-4-10(18)19/h2-5H,6H2,1H3,(H,20,21). The molecule has 112 valence electrons. The fourth-order valence-electron chi connectivity index (χ4n) is 1.91. The number of nitrogens with zero attached hydrogens (tertiary/aromatic N) is 3. The van der Waals surface area contributed by atoms with Crippen molar-refractivity contribution >= 4 is 5.97 Å². The quantitative estimate of drug-likeness (QED) is 0.928. The van der Waals surface area contributed by atoms with E-state index in [9.17, 15) is 22.8 Å². The van der Waals surface area contributed by atoms with Gasteiger partial charge in [0.25, 0.3) is 5.56 Å². The minimum Gasteiger partial charge on any atom is -0.478 e. The Bertz CT molecular complexity index is 746. The van der Waals surface area contributed by atoms with Crippen LogP contribution in [0.1, 0.15) is 21.7 Å². The molecule has 0 atom stereocenters. The number of halogens is 3. The molecule has 0 aromatic carbocycles. The van der Waals surface area contributed by atoms with Crippen molar-refractivity contribution in [2.75, 3.05) is 0 Å². The van der Waals surface area contributed by atoms with Crippen LogP contribution in [0.3, 0.4) is 0 Å². The molecule has 6 nitrogen and oxygen atoms in total. The number of hydrogen-bond acceptors (Lipinski definition) is 3. The third-order valence-corrected chi connectivity index (χ3v) is 2.94. The predicted octanol–water partition coefficient (Wildman–Crippen LogP) is 1.35. The summed E-state index contributed by atoms with van der Waals surface area (Å²) in [5.41, 5.74) is -2.27. The van der Waals surface area contributed by atoms with Crippen LogP contribution in [0.4, 0.5) is 13.2 Å². The summed E-state index contributed by atoms with van der Waals surface area (Å²) in [7, 11) is 1.39. The van der Waals surface area contributed by atoms with Crippen LogP contribution in [0, 0.1) is 0 Å². The molecule has 0 aliphatic carbocycles. The Morgan fingerprint density at radius 2 is 2.05 bits per heavy atom. The maximum atomic E-state index is 12.9. The highest BCUT2D eigenvalue weighted by atomic mass is 19.4. The lowest BCUT2D eigenvalue weighted by Gasteiger charge is -2.15. The predicted molar refractivity (Wildman–Crippen MR) is 65.0 cm³/mol. The zero-order chi connectivity index (χ0) is 15.8. The molecular weight excluding hydrogens is 291 g/mol. The molecular formula is C12H10F3N3O3. The number of aryl methyl sites for hydroxylation is 1. The maximum Gasteiger partial charge on any atom is 0.431 e. The van der Waals surface area contributed by atoms with Crippen LogP contribution in [0.25, 0.3) is 0 Å². The highest BCUT2D eigenvalue weighted by molar-refractivity contribution is 5.88. The topological polar surface area (TPSA) is 77.1 Å². The first-order valence-electron chi connectivity index (χ1n) is 5.73. The number of pyridine rings is 1.